The average molecular weight is 452 g/mol. The van der Waals surface area contributed by atoms with Gasteiger partial charge < -0.3 is 10.1 Å². The van der Waals surface area contributed by atoms with E-state index in [1.807, 2.05) is 0 Å². The summed E-state index contributed by atoms with van der Waals surface area (Å²) in [5.41, 5.74) is -0.964. The van der Waals surface area contributed by atoms with Crippen molar-refractivity contribution in [3.8, 4) is 11.8 Å². The van der Waals surface area contributed by atoms with Crippen molar-refractivity contribution in [3.05, 3.63) is 71.3 Å². The number of rotatable bonds is 5. The van der Waals surface area contributed by atoms with Crippen LogP contribution in [-0.4, -0.2) is 17.1 Å². The van der Waals surface area contributed by atoms with E-state index in [-0.39, 0.29) is 36.1 Å². The summed E-state index contributed by atoms with van der Waals surface area (Å²) in [7, 11) is 0. The van der Waals surface area contributed by atoms with Crippen molar-refractivity contribution in [3.63, 3.8) is 0 Å². The van der Waals surface area contributed by atoms with Crippen molar-refractivity contribution in [1.29, 1.82) is 5.26 Å². The Hall–Kier alpha value is -2.89. The summed E-state index contributed by atoms with van der Waals surface area (Å²) in [6, 6.07) is 9.95. The van der Waals surface area contributed by atoms with Crippen LogP contribution in [0.5, 0.6) is 5.75 Å². The van der Waals surface area contributed by atoms with E-state index in [2.05, 4.69) is 10.3 Å². The van der Waals surface area contributed by atoms with Crippen molar-refractivity contribution in [2.45, 2.75) is 37.7 Å². The van der Waals surface area contributed by atoms with Crippen LogP contribution in [0.15, 0.2) is 48.8 Å². The van der Waals surface area contributed by atoms with Crippen LogP contribution < -0.4 is 10.1 Å². The molecule has 0 radical (unpaired) electrons. The van der Waals surface area contributed by atoms with E-state index in [0.717, 1.165) is 16.8 Å². The highest BCUT2D eigenvalue weighted by Crippen LogP contribution is 2.37. The number of nitrogens with zero attached hydrogens (tertiary/aromatic N) is 2. The lowest BCUT2D eigenvalue weighted by molar-refractivity contribution is -0.138. The lowest BCUT2D eigenvalue weighted by Crippen LogP contribution is -2.46. The molecule has 3 aromatic rings. The van der Waals surface area contributed by atoms with Gasteiger partial charge in [0.2, 0.25) is 0 Å². The van der Waals surface area contributed by atoms with Crippen molar-refractivity contribution in [2.75, 3.05) is 0 Å². The van der Waals surface area contributed by atoms with Gasteiger partial charge in [-0.25, -0.2) is 4.39 Å². The molecule has 162 valence electrons. The predicted octanol–water partition coefficient (Wildman–Crippen LogP) is 5.39. The van der Waals surface area contributed by atoms with Crippen LogP contribution in [0.25, 0.3) is 10.8 Å². The Morgan fingerprint density at radius 2 is 1.94 bits per heavy atom. The maximum atomic E-state index is 14.3. The van der Waals surface area contributed by atoms with Gasteiger partial charge in [-0.1, -0.05) is 6.07 Å². The number of ether oxygens (including phenoxy) is 1. The molecule has 0 atom stereocenters. The molecule has 1 aromatic heterocycles. The van der Waals surface area contributed by atoms with E-state index in [9.17, 15) is 17.6 Å². The van der Waals surface area contributed by atoms with Gasteiger partial charge in [-0.3, -0.25) is 4.98 Å². The molecule has 0 amide bonds. The topological polar surface area (TPSA) is 57.9 Å². The first-order chi connectivity index (χ1) is 14.4. The average Bonchev–Trinajstić information content (AvgIpc) is 2.69. The van der Waals surface area contributed by atoms with Crippen LogP contribution in [0.1, 0.15) is 29.5 Å². The number of alkyl halides is 3. The van der Waals surface area contributed by atoms with Crippen LogP contribution in [0.4, 0.5) is 17.6 Å². The van der Waals surface area contributed by atoms with Gasteiger partial charge in [0.1, 0.15) is 29.3 Å². The summed E-state index contributed by atoms with van der Waals surface area (Å²) in [6.45, 7) is 0.317. The third-order valence-corrected chi connectivity index (χ3v) is 5.27. The lowest BCUT2D eigenvalue weighted by atomic mass is 9.88. The molecule has 4 nitrogen and oxygen atoms in total. The number of hydrogen-bond donors (Lipinski definition) is 1. The summed E-state index contributed by atoms with van der Waals surface area (Å²) in [5.74, 6) is -0.376. The minimum atomic E-state index is -4.62. The van der Waals surface area contributed by atoms with Gasteiger partial charge in [0.05, 0.1) is 5.56 Å². The number of pyridine rings is 1. The van der Waals surface area contributed by atoms with Crippen LogP contribution >= 0.6 is 12.4 Å². The molecule has 0 aliphatic heterocycles. The number of fused-ring (bicyclic) bond motifs is 1. The second kappa shape index (κ2) is 9.08. The van der Waals surface area contributed by atoms with Crippen LogP contribution in [0, 0.1) is 17.1 Å². The zero-order chi connectivity index (χ0) is 21.3. The Morgan fingerprint density at radius 3 is 2.65 bits per heavy atom. The molecule has 0 spiro atoms. The molecule has 4 rings (SSSR count). The number of nitriles is 1. The van der Waals surface area contributed by atoms with Gasteiger partial charge in [0, 0.05) is 35.9 Å². The standard InChI is InChI=1S/C22H17F4N3O.ClH/c23-20-5-4-13-11-28-7-6-16(13)18(20)12-29-14-8-15(9-14)30-21-3-1-2-19(17(21)10-27)22(24,25)26;/h1-7,11,14-15,29H,8-9,12H2;1H. The fourth-order valence-electron chi connectivity index (χ4n) is 3.62. The Morgan fingerprint density at radius 1 is 1.16 bits per heavy atom. The Balaban J connectivity index is 0.00000272. The molecule has 1 heterocycles. The minimum Gasteiger partial charge on any atom is -0.489 e. The first-order valence-electron chi connectivity index (χ1n) is 9.38. The molecule has 2 aromatic carbocycles. The molecule has 31 heavy (non-hydrogen) atoms. The van der Waals surface area contributed by atoms with E-state index in [1.54, 1.807) is 30.6 Å². The van der Waals surface area contributed by atoms with Gasteiger partial charge in [-0.05, 0) is 48.6 Å². The van der Waals surface area contributed by atoms with Crippen molar-refractivity contribution < 1.29 is 22.3 Å². The molecular formula is C22H18ClF4N3O. The number of hydrogen-bond acceptors (Lipinski definition) is 4. The predicted molar refractivity (Wildman–Crippen MR) is 109 cm³/mol. The largest absolute Gasteiger partial charge is 0.489 e. The monoisotopic (exact) mass is 451 g/mol. The second-order valence-corrected chi connectivity index (χ2v) is 7.20. The highest BCUT2D eigenvalue weighted by atomic mass is 35.5. The minimum absolute atomic E-state index is 0. The van der Waals surface area contributed by atoms with Gasteiger partial charge >= 0.3 is 6.18 Å². The van der Waals surface area contributed by atoms with Gasteiger partial charge in [-0.2, -0.15) is 18.4 Å². The summed E-state index contributed by atoms with van der Waals surface area (Å²) < 4.78 is 59.1. The summed E-state index contributed by atoms with van der Waals surface area (Å²) in [5, 5.41) is 14.1. The second-order valence-electron chi connectivity index (χ2n) is 7.20. The Kier molecular flexibility index (Phi) is 6.68. The SMILES string of the molecule is Cl.N#Cc1c(OC2CC(NCc3c(F)ccc4cnccc34)C2)cccc1C(F)(F)F. The molecule has 1 aliphatic rings. The molecule has 1 aliphatic carbocycles. The fraction of sp³-hybridized carbons (Fsp3) is 0.273. The van der Waals surface area contributed by atoms with Gasteiger partial charge in [0.15, 0.2) is 0 Å². The molecule has 1 saturated carbocycles. The summed E-state index contributed by atoms with van der Waals surface area (Å²) in [6.07, 6.45) is -0.538. The van der Waals surface area contributed by atoms with E-state index in [1.165, 1.54) is 18.2 Å². The third kappa shape index (κ3) is 4.73. The summed E-state index contributed by atoms with van der Waals surface area (Å²) >= 11 is 0. The number of benzene rings is 2. The van der Waals surface area contributed by atoms with E-state index in [0.29, 0.717) is 24.9 Å². The maximum absolute atomic E-state index is 14.3. The molecule has 0 unspecified atom stereocenters. The van der Waals surface area contributed by atoms with E-state index < -0.39 is 17.3 Å². The molecule has 1 N–H and O–H groups in total. The zero-order valence-corrected chi connectivity index (χ0v) is 16.9. The highest BCUT2D eigenvalue weighted by molar-refractivity contribution is 5.85. The third-order valence-electron chi connectivity index (χ3n) is 5.27. The Labute approximate surface area is 182 Å². The maximum Gasteiger partial charge on any atom is 0.417 e. The number of nitrogens with one attached hydrogen (secondary N) is 1. The van der Waals surface area contributed by atoms with Crippen LogP contribution in [0.2, 0.25) is 0 Å². The molecular weight excluding hydrogens is 434 g/mol. The highest BCUT2D eigenvalue weighted by Gasteiger charge is 2.36. The lowest BCUT2D eigenvalue weighted by Gasteiger charge is -2.36. The fourth-order valence-corrected chi connectivity index (χ4v) is 3.62. The first kappa shape index (κ1) is 22.8. The van der Waals surface area contributed by atoms with Crippen molar-refractivity contribution in [2.24, 2.45) is 0 Å². The van der Waals surface area contributed by atoms with Gasteiger partial charge in [-0.15, -0.1) is 12.4 Å². The van der Waals surface area contributed by atoms with E-state index in [4.69, 9.17) is 10.00 Å². The van der Waals surface area contributed by atoms with Crippen LogP contribution in [-0.2, 0) is 12.7 Å². The quantitative estimate of drug-likeness (QED) is 0.529. The van der Waals surface area contributed by atoms with Crippen molar-refractivity contribution >= 4 is 23.2 Å². The van der Waals surface area contributed by atoms with Crippen molar-refractivity contribution in [1.82, 2.24) is 10.3 Å². The first-order valence-corrected chi connectivity index (χ1v) is 9.38. The number of halogens is 5. The number of aromatic nitrogens is 1. The molecule has 0 bridgehead atoms. The molecule has 0 saturated heterocycles. The van der Waals surface area contributed by atoms with Gasteiger partial charge in [0.25, 0.3) is 0 Å². The van der Waals surface area contributed by atoms with E-state index >= 15 is 0 Å². The Bertz CT molecular complexity index is 1120. The zero-order valence-electron chi connectivity index (χ0n) is 16.1. The normalized spacial score (nSPS) is 18.0. The van der Waals surface area contributed by atoms with Crippen LogP contribution in [0.3, 0.4) is 0 Å². The summed E-state index contributed by atoms with van der Waals surface area (Å²) in [4.78, 5) is 4.04. The molecule has 1 fully saturated rings. The smallest absolute Gasteiger partial charge is 0.417 e. The molecule has 9 heteroatoms.